The van der Waals surface area contributed by atoms with E-state index in [1.54, 1.807) is 6.19 Å². The number of nitriles is 1. The summed E-state index contributed by atoms with van der Waals surface area (Å²) in [5.41, 5.74) is 1.70. The average Bonchev–Trinajstić information content (AvgIpc) is 2.05. The van der Waals surface area contributed by atoms with Gasteiger partial charge in [0.25, 0.3) is 0 Å². The molecule has 0 spiro atoms. The summed E-state index contributed by atoms with van der Waals surface area (Å²) in [7, 11) is 0. The third-order valence-electron chi connectivity index (χ3n) is 1.46. The van der Waals surface area contributed by atoms with Gasteiger partial charge >= 0.3 is 0 Å². The van der Waals surface area contributed by atoms with Crippen molar-refractivity contribution in [2.24, 2.45) is 4.99 Å². The van der Waals surface area contributed by atoms with E-state index in [0.717, 1.165) is 15.7 Å². The number of rotatable bonds is 1. The molecule has 0 atom stereocenters. The van der Waals surface area contributed by atoms with Gasteiger partial charge in [0, 0.05) is 4.47 Å². The molecule has 2 nitrogen and oxygen atoms in total. The van der Waals surface area contributed by atoms with E-state index in [1.165, 1.54) is 0 Å². The van der Waals surface area contributed by atoms with Gasteiger partial charge in [0.2, 0.25) is 6.19 Å². The van der Waals surface area contributed by atoms with Crippen molar-refractivity contribution in [3.05, 3.63) is 34.3 Å². The third-order valence-corrected chi connectivity index (χ3v) is 1.95. The van der Waals surface area contributed by atoms with Gasteiger partial charge in [0.15, 0.2) is 0 Å². The summed E-state index contributed by atoms with van der Waals surface area (Å²) >= 11 is 3.34. The average molecular weight is 223 g/mol. The lowest BCUT2D eigenvalue weighted by atomic mass is 10.1. The Morgan fingerprint density at radius 3 is 2.92 bits per heavy atom. The molecule has 0 fully saturated rings. The van der Waals surface area contributed by atoms with E-state index >= 15 is 0 Å². The van der Waals surface area contributed by atoms with Crippen molar-refractivity contribution in [3.8, 4) is 6.19 Å². The summed E-state index contributed by atoms with van der Waals surface area (Å²) < 4.78 is 0.993. The molecule has 0 bridgehead atoms. The molecular weight excluding hydrogens is 216 g/mol. The molecule has 0 radical (unpaired) electrons. The molecule has 0 unspecified atom stereocenters. The summed E-state index contributed by atoms with van der Waals surface area (Å²) in [4.78, 5) is 3.64. The molecule has 3 heteroatoms. The molecule has 0 aliphatic rings. The molecule has 60 valence electrons. The molecular formula is C9H7BrN2. The Bertz CT molecular complexity index is 350. The van der Waals surface area contributed by atoms with Gasteiger partial charge < -0.3 is 0 Å². The zero-order valence-corrected chi connectivity index (χ0v) is 8.17. The van der Waals surface area contributed by atoms with Crippen LogP contribution < -0.4 is 0 Å². The summed E-state index contributed by atoms with van der Waals surface area (Å²) in [6.45, 7) is 1.81. The summed E-state index contributed by atoms with van der Waals surface area (Å²) in [5, 5.41) is 8.32. The molecule has 1 aromatic rings. The summed E-state index contributed by atoms with van der Waals surface area (Å²) in [6, 6.07) is 7.69. The third kappa shape index (κ3) is 2.18. The first-order chi connectivity index (χ1) is 5.74. The van der Waals surface area contributed by atoms with Gasteiger partial charge in [-0.05, 0) is 24.6 Å². The van der Waals surface area contributed by atoms with Gasteiger partial charge in [-0.3, -0.25) is 0 Å². The van der Waals surface area contributed by atoms with Crippen LogP contribution in [-0.4, -0.2) is 5.71 Å². The van der Waals surface area contributed by atoms with E-state index in [9.17, 15) is 0 Å². The standard InChI is InChI=1S/C9H7BrN2/c1-7(12-6-11)8-3-2-4-9(10)5-8/h2-5H,1H3/b12-7-. The lowest BCUT2D eigenvalue weighted by Gasteiger charge is -1.97. The molecule has 12 heavy (non-hydrogen) atoms. The van der Waals surface area contributed by atoms with E-state index in [4.69, 9.17) is 5.26 Å². The zero-order chi connectivity index (χ0) is 8.97. The van der Waals surface area contributed by atoms with Crippen LogP contribution in [0.2, 0.25) is 0 Å². The van der Waals surface area contributed by atoms with E-state index in [2.05, 4.69) is 20.9 Å². The second-order valence-electron chi connectivity index (χ2n) is 2.31. The van der Waals surface area contributed by atoms with Crippen LogP contribution in [0.25, 0.3) is 0 Å². The Labute approximate surface area is 79.7 Å². The minimum Gasteiger partial charge on any atom is -0.178 e. The van der Waals surface area contributed by atoms with Crippen molar-refractivity contribution < 1.29 is 0 Å². The van der Waals surface area contributed by atoms with Crippen molar-refractivity contribution in [1.82, 2.24) is 0 Å². The monoisotopic (exact) mass is 222 g/mol. The minimum absolute atomic E-state index is 0.735. The van der Waals surface area contributed by atoms with Gasteiger partial charge in [-0.1, -0.05) is 28.1 Å². The highest BCUT2D eigenvalue weighted by Gasteiger charge is 1.96. The lowest BCUT2D eigenvalue weighted by Crippen LogP contribution is -1.92. The maximum Gasteiger partial charge on any atom is 0.205 e. The van der Waals surface area contributed by atoms with Crippen molar-refractivity contribution in [3.63, 3.8) is 0 Å². The highest BCUT2D eigenvalue weighted by molar-refractivity contribution is 9.10. The van der Waals surface area contributed by atoms with E-state index < -0.39 is 0 Å². The fourth-order valence-electron chi connectivity index (χ4n) is 0.853. The number of hydrogen-bond donors (Lipinski definition) is 0. The van der Waals surface area contributed by atoms with Crippen LogP contribution in [0.4, 0.5) is 0 Å². The second kappa shape index (κ2) is 4.03. The van der Waals surface area contributed by atoms with Crippen LogP contribution in [0.5, 0.6) is 0 Å². The van der Waals surface area contributed by atoms with Crippen molar-refractivity contribution in [2.75, 3.05) is 0 Å². The first kappa shape index (κ1) is 8.95. The lowest BCUT2D eigenvalue weighted by molar-refractivity contribution is 1.42. The first-order valence-corrected chi connectivity index (χ1v) is 4.22. The van der Waals surface area contributed by atoms with Crippen LogP contribution in [-0.2, 0) is 0 Å². The van der Waals surface area contributed by atoms with Crippen LogP contribution >= 0.6 is 15.9 Å². The number of hydrogen-bond acceptors (Lipinski definition) is 2. The molecule has 0 aliphatic carbocycles. The Morgan fingerprint density at radius 1 is 1.58 bits per heavy atom. The fourth-order valence-corrected chi connectivity index (χ4v) is 1.25. The smallest absolute Gasteiger partial charge is 0.178 e. The van der Waals surface area contributed by atoms with Crippen molar-refractivity contribution in [1.29, 1.82) is 5.26 Å². The predicted octanol–water partition coefficient (Wildman–Crippen LogP) is 2.74. The molecule has 0 amide bonds. The van der Waals surface area contributed by atoms with E-state index in [-0.39, 0.29) is 0 Å². The highest BCUT2D eigenvalue weighted by atomic mass is 79.9. The molecule has 0 aliphatic heterocycles. The van der Waals surface area contributed by atoms with Gasteiger partial charge in [-0.25, -0.2) is 0 Å². The summed E-state index contributed by atoms with van der Waals surface area (Å²) in [6.07, 6.45) is 1.76. The minimum atomic E-state index is 0.735. The predicted molar refractivity (Wildman–Crippen MR) is 52.0 cm³/mol. The largest absolute Gasteiger partial charge is 0.205 e. The van der Waals surface area contributed by atoms with Crippen molar-refractivity contribution in [2.45, 2.75) is 6.92 Å². The molecule has 1 aromatic carbocycles. The Hall–Kier alpha value is -1.14. The molecule has 0 N–H and O–H groups in total. The molecule has 1 rings (SSSR count). The SMILES string of the molecule is C/C(=N/C#N)c1cccc(Br)c1. The van der Waals surface area contributed by atoms with Crippen LogP contribution in [0.3, 0.4) is 0 Å². The number of aliphatic imine (C=N–C) groups is 1. The van der Waals surface area contributed by atoms with Crippen molar-refractivity contribution >= 4 is 21.6 Å². The molecule has 0 aromatic heterocycles. The Balaban J connectivity index is 3.05. The van der Waals surface area contributed by atoms with Crippen LogP contribution in [0.1, 0.15) is 12.5 Å². The van der Waals surface area contributed by atoms with Crippen LogP contribution in [0.15, 0.2) is 33.7 Å². The van der Waals surface area contributed by atoms with Gasteiger partial charge in [-0.2, -0.15) is 10.3 Å². The topological polar surface area (TPSA) is 36.1 Å². The molecule has 0 saturated carbocycles. The van der Waals surface area contributed by atoms with Gasteiger partial charge in [-0.15, -0.1) is 0 Å². The van der Waals surface area contributed by atoms with Gasteiger partial charge in [0.1, 0.15) is 0 Å². The van der Waals surface area contributed by atoms with E-state index in [0.29, 0.717) is 0 Å². The molecule has 0 saturated heterocycles. The van der Waals surface area contributed by atoms with E-state index in [1.807, 2.05) is 31.2 Å². The normalized spacial score (nSPS) is 10.9. The number of halogens is 1. The maximum absolute atomic E-state index is 8.32. The Kier molecular flexibility index (Phi) is 3.01. The Morgan fingerprint density at radius 2 is 2.33 bits per heavy atom. The number of benzene rings is 1. The number of nitrogens with zero attached hydrogens (tertiary/aromatic N) is 2. The fraction of sp³-hybridized carbons (Fsp3) is 0.111. The maximum atomic E-state index is 8.32. The quantitative estimate of drug-likeness (QED) is 0.532. The second-order valence-corrected chi connectivity index (χ2v) is 3.22. The summed E-state index contributed by atoms with van der Waals surface area (Å²) in [5.74, 6) is 0. The highest BCUT2D eigenvalue weighted by Crippen LogP contribution is 2.12. The van der Waals surface area contributed by atoms with Crippen LogP contribution in [0, 0.1) is 11.5 Å². The zero-order valence-electron chi connectivity index (χ0n) is 6.58. The van der Waals surface area contributed by atoms with Gasteiger partial charge in [0.05, 0.1) is 5.71 Å². The molecule has 0 heterocycles. The first-order valence-electron chi connectivity index (χ1n) is 3.43.